The molecule has 1 aliphatic heterocycles. The van der Waals surface area contributed by atoms with Crippen molar-refractivity contribution in [3.63, 3.8) is 0 Å². The molecular formula is C16H18N4O3S. The first kappa shape index (κ1) is 16.4. The summed E-state index contributed by atoms with van der Waals surface area (Å²) in [4.78, 5) is 16.2. The molecule has 0 bridgehead atoms. The Balaban J connectivity index is 1.57. The average molecular weight is 346 g/mol. The van der Waals surface area contributed by atoms with E-state index < -0.39 is 10.0 Å². The summed E-state index contributed by atoms with van der Waals surface area (Å²) in [5, 5.41) is 5.80. The van der Waals surface area contributed by atoms with Gasteiger partial charge in [0.2, 0.25) is 15.9 Å². The highest BCUT2D eigenvalue weighted by Crippen LogP contribution is 2.16. The summed E-state index contributed by atoms with van der Waals surface area (Å²) in [6.45, 7) is 0.236. The molecule has 1 amide bonds. The van der Waals surface area contributed by atoms with Crippen LogP contribution in [-0.4, -0.2) is 42.5 Å². The molecule has 1 fully saturated rings. The number of pyridine rings is 1. The van der Waals surface area contributed by atoms with Crippen molar-refractivity contribution in [1.82, 2.24) is 9.29 Å². The Labute approximate surface area is 140 Å². The third kappa shape index (κ3) is 4.09. The number of benzene rings is 1. The van der Waals surface area contributed by atoms with Crippen molar-refractivity contribution in [2.24, 2.45) is 0 Å². The van der Waals surface area contributed by atoms with Crippen molar-refractivity contribution in [2.45, 2.75) is 6.42 Å². The Hall–Kier alpha value is -2.45. The maximum Gasteiger partial charge on any atom is 0.239 e. The number of amides is 1. The van der Waals surface area contributed by atoms with Crippen molar-refractivity contribution in [1.29, 1.82) is 0 Å². The Morgan fingerprint density at radius 2 is 1.92 bits per heavy atom. The number of carbonyl (C=O) groups is 1. The highest BCUT2D eigenvalue weighted by Gasteiger charge is 2.29. The van der Waals surface area contributed by atoms with Crippen LogP contribution in [0.2, 0.25) is 0 Å². The second-order valence-electron chi connectivity index (χ2n) is 5.47. The van der Waals surface area contributed by atoms with Crippen molar-refractivity contribution < 1.29 is 13.2 Å². The Morgan fingerprint density at radius 1 is 1.12 bits per heavy atom. The maximum atomic E-state index is 12.0. The molecule has 2 aromatic rings. The molecule has 2 heterocycles. The van der Waals surface area contributed by atoms with E-state index >= 15 is 0 Å². The van der Waals surface area contributed by atoms with Gasteiger partial charge in [-0.1, -0.05) is 18.2 Å². The van der Waals surface area contributed by atoms with E-state index in [-0.39, 0.29) is 18.2 Å². The zero-order valence-corrected chi connectivity index (χ0v) is 13.8. The lowest BCUT2D eigenvalue weighted by Gasteiger charge is -2.14. The summed E-state index contributed by atoms with van der Waals surface area (Å²) >= 11 is 0. The monoisotopic (exact) mass is 346 g/mol. The van der Waals surface area contributed by atoms with Gasteiger partial charge in [0.05, 0.1) is 24.2 Å². The molecule has 1 aromatic heterocycles. The summed E-state index contributed by atoms with van der Waals surface area (Å²) in [7, 11) is -3.27. The first-order valence-corrected chi connectivity index (χ1v) is 9.20. The summed E-state index contributed by atoms with van der Waals surface area (Å²) in [5.74, 6) is 0.397. The molecule has 0 radical (unpaired) electrons. The lowest BCUT2D eigenvalue weighted by molar-refractivity contribution is -0.116. The number of anilines is 3. The molecule has 0 unspecified atom stereocenters. The van der Waals surface area contributed by atoms with E-state index in [2.05, 4.69) is 15.6 Å². The van der Waals surface area contributed by atoms with Crippen LogP contribution in [0.5, 0.6) is 0 Å². The van der Waals surface area contributed by atoms with Crippen LogP contribution in [0.15, 0.2) is 48.7 Å². The van der Waals surface area contributed by atoms with Gasteiger partial charge in [0.25, 0.3) is 0 Å². The van der Waals surface area contributed by atoms with Gasteiger partial charge in [-0.25, -0.2) is 13.4 Å². The third-order valence-electron chi connectivity index (χ3n) is 3.62. The predicted octanol–water partition coefficient (Wildman–Crippen LogP) is 1.80. The minimum absolute atomic E-state index is 0.113. The number of sulfonamides is 1. The lowest BCUT2D eigenvalue weighted by Crippen LogP contribution is -2.34. The summed E-state index contributed by atoms with van der Waals surface area (Å²) < 4.78 is 24.6. The maximum absolute atomic E-state index is 12.0. The SMILES string of the molecule is O=C(CN1CCCS1(=O)=O)Nc1ccc(Nc2ccccc2)nc1. The first-order chi connectivity index (χ1) is 11.5. The van der Waals surface area contributed by atoms with E-state index in [4.69, 9.17) is 0 Å². The van der Waals surface area contributed by atoms with E-state index in [1.165, 1.54) is 10.5 Å². The van der Waals surface area contributed by atoms with Gasteiger partial charge < -0.3 is 10.6 Å². The van der Waals surface area contributed by atoms with Crippen molar-refractivity contribution in [2.75, 3.05) is 29.5 Å². The second-order valence-corrected chi connectivity index (χ2v) is 7.56. The molecule has 1 saturated heterocycles. The number of aromatic nitrogens is 1. The molecule has 126 valence electrons. The molecule has 0 saturated carbocycles. The zero-order valence-electron chi connectivity index (χ0n) is 13.0. The van der Waals surface area contributed by atoms with Crippen molar-refractivity contribution in [3.8, 4) is 0 Å². The molecule has 0 aliphatic carbocycles. The van der Waals surface area contributed by atoms with Crippen LogP contribution in [0.3, 0.4) is 0 Å². The van der Waals surface area contributed by atoms with Crippen LogP contribution < -0.4 is 10.6 Å². The van der Waals surface area contributed by atoms with E-state index in [1.54, 1.807) is 12.1 Å². The van der Waals surface area contributed by atoms with E-state index in [9.17, 15) is 13.2 Å². The molecule has 24 heavy (non-hydrogen) atoms. The summed E-state index contributed by atoms with van der Waals surface area (Å²) in [6, 6.07) is 13.1. The predicted molar refractivity (Wildman–Crippen MR) is 92.6 cm³/mol. The number of rotatable bonds is 5. The van der Waals surface area contributed by atoms with Crippen LogP contribution in [0, 0.1) is 0 Å². The molecule has 7 nitrogen and oxygen atoms in total. The van der Waals surface area contributed by atoms with Gasteiger partial charge in [-0.15, -0.1) is 0 Å². The number of para-hydroxylation sites is 1. The Bertz CT molecular complexity index is 807. The van der Waals surface area contributed by atoms with Crippen LogP contribution in [0.4, 0.5) is 17.2 Å². The van der Waals surface area contributed by atoms with Gasteiger partial charge >= 0.3 is 0 Å². The number of hydrogen-bond acceptors (Lipinski definition) is 5. The topological polar surface area (TPSA) is 91.4 Å². The van der Waals surface area contributed by atoms with Crippen molar-refractivity contribution in [3.05, 3.63) is 48.7 Å². The molecule has 0 atom stereocenters. The number of hydrogen-bond donors (Lipinski definition) is 2. The highest BCUT2D eigenvalue weighted by molar-refractivity contribution is 7.89. The molecule has 1 aliphatic rings. The molecule has 8 heteroatoms. The van der Waals surface area contributed by atoms with Crippen LogP contribution in [0.1, 0.15) is 6.42 Å². The minimum atomic E-state index is -3.27. The zero-order chi connectivity index (χ0) is 17.0. The van der Waals surface area contributed by atoms with Gasteiger partial charge in [0, 0.05) is 12.2 Å². The highest BCUT2D eigenvalue weighted by atomic mass is 32.2. The number of nitrogens with one attached hydrogen (secondary N) is 2. The normalized spacial score (nSPS) is 16.7. The van der Waals surface area contributed by atoms with E-state index in [1.807, 2.05) is 30.3 Å². The first-order valence-electron chi connectivity index (χ1n) is 7.59. The molecule has 1 aromatic carbocycles. The summed E-state index contributed by atoms with van der Waals surface area (Å²) in [6.07, 6.45) is 2.10. The summed E-state index contributed by atoms with van der Waals surface area (Å²) in [5.41, 5.74) is 1.44. The third-order valence-corrected chi connectivity index (χ3v) is 5.52. The average Bonchev–Trinajstić information content (AvgIpc) is 2.89. The molecule has 0 spiro atoms. The molecule has 2 N–H and O–H groups in total. The molecular weight excluding hydrogens is 328 g/mol. The number of nitrogens with zero attached hydrogens (tertiary/aromatic N) is 2. The van der Waals surface area contributed by atoms with Crippen LogP contribution >= 0.6 is 0 Å². The molecule has 3 rings (SSSR count). The van der Waals surface area contributed by atoms with Gasteiger partial charge in [-0.3, -0.25) is 4.79 Å². The largest absolute Gasteiger partial charge is 0.340 e. The van der Waals surface area contributed by atoms with Gasteiger partial charge in [0.1, 0.15) is 5.82 Å². The van der Waals surface area contributed by atoms with Crippen LogP contribution in [0.25, 0.3) is 0 Å². The lowest BCUT2D eigenvalue weighted by atomic mass is 10.3. The standard InChI is InChI=1S/C16H18N4O3S/c21-16(12-20-9-4-10-24(20,22)23)19-14-7-8-15(17-11-14)18-13-5-2-1-3-6-13/h1-3,5-8,11H,4,9-10,12H2,(H,17,18)(H,19,21). The van der Waals surface area contributed by atoms with E-state index in [0.717, 1.165) is 5.69 Å². The quantitative estimate of drug-likeness (QED) is 0.861. The fourth-order valence-electron chi connectivity index (χ4n) is 2.44. The minimum Gasteiger partial charge on any atom is -0.340 e. The van der Waals surface area contributed by atoms with E-state index in [0.29, 0.717) is 24.5 Å². The Morgan fingerprint density at radius 3 is 2.54 bits per heavy atom. The fraction of sp³-hybridized carbons (Fsp3) is 0.250. The number of carbonyl (C=O) groups excluding carboxylic acids is 1. The smallest absolute Gasteiger partial charge is 0.239 e. The second kappa shape index (κ2) is 6.98. The fourth-order valence-corrected chi connectivity index (χ4v) is 3.91. The van der Waals surface area contributed by atoms with Gasteiger partial charge in [-0.2, -0.15) is 4.31 Å². The van der Waals surface area contributed by atoms with Crippen LogP contribution in [-0.2, 0) is 14.8 Å². The van der Waals surface area contributed by atoms with Gasteiger partial charge in [-0.05, 0) is 30.7 Å². The van der Waals surface area contributed by atoms with Crippen molar-refractivity contribution >= 4 is 33.1 Å². The Kier molecular flexibility index (Phi) is 4.77. The van der Waals surface area contributed by atoms with Gasteiger partial charge in [0.15, 0.2) is 0 Å².